The lowest BCUT2D eigenvalue weighted by molar-refractivity contribution is 0.0729. The first-order chi connectivity index (χ1) is 17.6. The van der Waals surface area contributed by atoms with E-state index in [1.54, 1.807) is 14.2 Å². The van der Waals surface area contributed by atoms with E-state index in [9.17, 15) is 4.79 Å². The highest BCUT2D eigenvalue weighted by atomic mass is 16.7. The minimum absolute atomic E-state index is 0.117. The van der Waals surface area contributed by atoms with Crippen molar-refractivity contribution < 1.29 is 23.7 Å². The van der Waals surface area contributed by atoms with E-state index in [2.05, 4.69) is 10.2 Å². The van der Waals surface area contributed by atoms with Crippen molar-refractivity contribution in [1.82, 2.24) is 15.1 Å². The molecule has 1 atom stereocenters. The first-order valence-electron chi connectivity index (χ1n) is 11.6. The van der Waals surface area contributed by atoms with E-state index in [0.29, 0.717) is 35.2 Å². The van der Waals surface area contributed by atoms with Gasteiger partial charge < -0.3 is 23.8 Å². The van der Waals surface area contributed by atoms with E-state index in [-0.39, 0.29) is 18.7 Å². The maximum Gasteiger partial charge on any atom is 0.273 e. The van der Waals surface area contributed by atoms with E-state index in [1.165, 1.54) is 0 Å². The summed E-state index contributed by atoms with van der Waals surface area (Å²) in [6.07, 6.45) is 0. The number of rotatable bonds is 6. The first kappa shape index (κ1) is 22.0. The van der Waals surface area contributed by atoms with E-state index in [1.807, 2.05) is 72.5 Å². The monoisotopic (exact) mass is 483 g/mol. The summed E-state index contributed by atoms with van der Waals surface area (Å²) in [5, 5.41) is 7.58. The van der Waals surface area contributed by atoms with Crippen LogP contribution in [0.1, 0.15) is 38.8 Å². The standard InChI is InChI=1S/C28H25N3O5/c1-16-4-7-18(8-5-16)25-24-26(30-29-25)28(32)31(14-17-6-10-21-23(12-17)36-15-35-21)27(24)19-9-11-20(33-2)22(13-19)34-3/h4-13,27H,14-15H2,1-3H3,(H,29,30). The number of nitrogens with one attached hydrogen (secondary N) is 1. The zero-order valence-electron chi connectivity index (χ0n) is 20.2. The number of benzene rings is 3. The molecule has 36 heavy (non-hydrogen) atoms. The van der Waals surface area contributed by atoms with Gasteiger partial charge in [-0.15, -0.1) is 0 Å². The van der Waals surface area contributed by atoms with Crippen molar-refractivity contribution in [3.05, 3.63) is 88.6 Å². The third-order valence-corrected chi connectivity index (χ3v) is 6.70. The van der Waals surface area contributed by atoms with Crippen LogP contribution in [0.5, 0.6) is 23.0 Å². The molecule has 1 unspecified atom stereocenters. The van der Waals surface area contributed by atoms with Gasteiger partial charge in [-0.05, 0) is 42.3 Å². The van der Waals surface area contributed by atoms with Crippen molar-refractivity contribution >= 4 is 5.91 Å². The van der Waals surface area contributed by atoms with Crippen molar-refractivity contribution in [1.29, 1.82) is 0 Å². The molecule has 6 rings (SSSR count). The van der Waals surface area contributed by atoms with Crippen molar-refractivity contribution in [2.75, 3.05) is 21.0 Å². The summed E-state index contributed by atoms with van der Waals surface area (Å²) in [6, 6.07) is 19.3. The van der Waals surface area contributed by atoms with Crippen LogP contribution in [0.3, 0.4) is 0 Å². The van der Waals surface area contributed by atoms with Gasteiger partial charge in [-0.25, -0.2) is 0 Å². The summed E-state index contributed by atoms with van der Waals surface area (Å²) in [5.41, 5.74) is 6.03. The van der Waals surface area contributed by atoms with Gasteiger partial charge in [-0.3, -0.25) is 9.89 Å². The quantitative estimate of drug-likeness (QED) is 0.421. The average molecular weight is 484 g/mol. The molecule has 8 heteroatoms. The molecule has 8 nitrogen and oxygen atoms in total. The van der Waals surface area contributed by atoms with Crippen molar-refractivity contribution in [3.63, 3.8) is 0 Å². The summed E-state index contributed by atoms with van der Waals surface area (Å²) in [6.45, 7) is 2.62. The number of aromatic nitrogens is 2. The Balaban J connectivity index is 1.47. The number of nitrogens with zero attached hydrogens (tertiary/aromatic N) is 2. The summed E-state index contributed by atoms with van der Waals surface area (Å²) in [5.74, 6) is 2.49. The van der Waals surface area contributed by atoms with Gasteiger partial charge in [-0.2, -0.15) is 5.10 Å². The van der Waals surface area contributed by atoms with Gasteiger partial charge in [0.25, 0.3) is 5.91 Å². The third-order valence-electron chi connectivity index (χ3n) is 6.70. The molecule has 0 spiro atoms. The molecule has 1 N–H and O–H groups in total. The number of carbonyl (C=O) groups excluding carboxylic acids is 1. The maximum atomic E-state index is 13.7. The lowest BCUT2D eigenvalue weighted by Gasteiger charge is -2.27. The van der Waals surface area contributed by atoms with Crippen LogP contribution in [0, 0.1) is 6.92 Å². The zero-order valence-corrected chi connectivity index (χ0v) is 20.2. The Morgan fingerprint density at radius 3 is 2.53 bits per heavy atom. The van der Waals surface area contributed by atoms with Crippen LogP contribution in [-0.2, 0) is 6.54 Å². The lowest BCUT2D eigenvalue weighted by atomic mass is 9.95. The maximum absolute atomic E-state index is 13.7. The van der Waals surface area contributed by atoms with Gasteiger partial charge in [0.1, 0.15) is 5.69 Å². The van der Waals surface area contributed by atoms with E-state index in [0.717, 1.165) is 33.5 Å². The second kappa shape index (κ2) is 8.64. The van der Waals surface area contributed by atoms with Gasteiger partial charge in [0, 0.05) is 17.7 Å². The fourth-order valence-corrected chi connectivity index (χ4v) is 4.90. The molecule has 0 bridgehead atoms. The molecule has 0 fully saturated rings. The second-order valence-electron chi connectivity index (χ2n) is 8.86. The van der Waals surface area contributed by atoms with Gasteiger partial charge in [0.05, 0.1) is 26.0 Å². The van der Waals surface area contributed by atoms with E-state index >= 15 is 0 Å². The number of H-pyrrole nitrogens is 1. The summed E-state index contributed by atoms with van der Waals surface area (Å²) in [4.78, 5) is 15.6. The molecule has 0 saturated heterocycles. The topological polar surface area (TPSA) is 85.9 Å². The Kier molecular flexibility index (Phi) is 5.29. The van der Waals surface area contributed by atoms with Gasteiger partial charge in [0.2, 0.25) is 6.79 Å². The fourth-order valence-electron chi connectivity index (χ4n) is 4.90. The molecule has 0 saturated carbocycles. The van der Waals surface area contributed by atoms with Crippen LogP contribution in [0.4, 0.5) is 0 Å². The number of aryl methyl sites for hydroxylation is 1. The molecule has 0 radical (unpaired) electrons. The normalized spacial score (nSPS) is 15.8. The largest absolute Gasteiger partial charge is 0.493 e. The Hall–Kier alpha value is -4.46. The minimum atomic E-state index is -0.382. The number of aromatic amines is 1. The molecular formula is C28H25N3O5. The third kappa shape index (κ3) is 3.53. The molecule has 3 heterocycles. The molecule has 0 aliphatic carbocycles. The van der Waals surface area contributed by atoms with Crippen molar-refractivity contribution in [2.45, 2.75) is 19.5 Å². The Labute approximate surface area is 208 Å². The number of methoxy groups -OCH3 is 2. The van der Waals surface area contributed by atoms with Crippen molar-refractivity contribution in [3.8, 4) is 34.3 Å². The summed E-state index contributed by atoms with van der Waals surface area (Å²) in [7, 11) is 3.21. The van der Waals surface area contributed by atoms with Gasteiger partial charge in [-0.1, -0.05) is 42.0 Å². The van der Waals surface area contributed by atoms with Crippen LogP contribution < -0.4 is 18.9 Å². The number of carbonyl (C=O) groups is 1. The number of hydrogen-bond donors (Lipinski definition) is 1. The number of hydrogen-bond acceptors (Lipinski definition) is 6. The van der Waals surface area contributed by atoms with Crippen LogP contribution in [-0.4, -0.2) is 42.0 Å². The van der Waals surface area contributed by atoms with Crippen LogP contribution in [0.25, 0.3) is 11.3 Å². The predicted octanol–water partition coefficient (Wildman–Crippen LogP) is 4.88. The zero-order chi connectivity index (χ0) is 24.8. The second-order valence-corrected chi connectivity index (χ2v) is 8.86. The molecule has 3 aromatic carbocycles. The molecule has 1 amide bonds. The fraction of sp³-hybridized carbons (Fsp3) is 0.214. The van der Waals surface area contributed by atoms with Gasteiger partial charge in [0.15, 0.2) is 23.0 Å². The highest BCUT2D eigenvalue weighted by Gasteiger charge is 2.42. The summed E-state index contributed by atoms with van der Waals surface area (Å²) >= 11 is 0. The lowest BCUT2D eigenvalue weighted by Crippen LogP contribution is -2.29. The smallest absolute Gasteiger partial charge is 0.273 e. The van der Waals surface area contributed by atoms with Crippen LogP contribution in [0.2, 0.25) is 0 Å². The number of ether oxygens (including phenoxy) is 4. The molecular weight excluding hydrogens is 458 g/mol. The molecule has 2 aliphatic rings. The molecule has 4 aromatic rings. The molecule has 182 valence electrons. The highest BCUT2D eigenvalue weighted by Crippen LogP contribution is 2.45. The Bertz CT molecular complexity index is 1460. The Morgan fingerprint density at radius 2 is 1.75 bits per heavy atom. The first-order valence-corrected chi connectivity index (χ1v) is 11.6. The highest BCUT2D eigenvalue weighted by molar-refractivity contribution is 6.00. The molecule has 1 aromatic heterocycles. The minimum Gasteiger partial charge on any atom is -0.493 e. The van der Waals surface area contributed by atoms with Gasteiger partial charge >= 0.3 is 0 Å². The van der Waals surface area contributed by atoms with E-state index < -0.39 is 0 Å². The molecule has 2 aliphatic heterocycles. The van der Waals surface area contributed by atoms with Crippen LogP contribution >= 0.6 is 0 Å². The van der Waals surface area contributed by atoms with Crippen molar-refractivity contribution in [2.24, 2.45) is 0 Å². The SMILES string of the molecule is COc1ccc(C2c3c(-c4ccc(C)cc4)n[nH]c3C(=O)N2Cc2ccc3c(c2)OCO3)cc1OC. The van der Waals surface area contributed by atoms with Crippen LogP contribution in [0.15, 0.2) is 60.7 Å². The number of fused-ring (bicyclic) bond motifs is 2. The average Bonchev–Trinajstić information content (AvgIpc) is 3.61. The predicted molar refractivity (Wildman–Crippen MR) is 133 cm³/mol. The van der Waals surface area contributed by atoms with E-state index in [4.69, 9.17) is 18.9 Å². The Morgan fingerprint density at radius 1 is 0.972 bits per heavy atom. The summed E-state index contributed by atoms with van der Waals surface area (Å²) < 4.78 is 22.0. The number of amides is 1.